The van der Waals surface area contributed by atoms with Crippen LogP contribution in [0.1, 0.15) is 32.1 Å². The van der Waals surface area contributed by atoms with Gasteiger partial charge in [0.25, 0.3) is 0 Å². The zero-order valence-corrected chi connectivity index (χ0v) is 8.45. The Morgan fingerprint density at radius 2 is 2.07 bits per heavy atom. The van der Waals surface area contributed by atoms with E-state index >= 15 is 0 Å². The Balaban J connectivity index is 1.76. The third kappa shape index (κ3) is 2.69. The number of anilines is 1. The Kier molecular flexibility index (Phi) is 3.33. The number of rotatable bonds is 3. The normalized spacial score (nSPS) is 18.0. The molecular weight excluding hydrogens is 174 g/mol. The maximum absolute atomic E-state index is 4.19. The minimum Gasteiger partial charge on any atom is -0.369 e. The first-order valence-electron chi connectivity index (χ1n) is 5.45. The molecule has 0 aliphatic heterocycles. The Morgan fingerprint density at radius 1 is 1.21 bits per heavy atom. The number of aromatic nitrogens is 2. The largest absolute Gasteiger partial charge is 0.369 e. The van der Waals surface area contributed by atoms with Crippen molar-refractivity contribution in [2.75, 3.05) is 11.9 Å². The van der Waals surface area contributed by atoms with Crippen molar-refractivity contribution in [3.05, 3.63) is 18.6 Å². The molecule has 0 saturated heterocycles. The zero-order chi connectivity index (χ0) is 9.64. The molecule has 1 N–H and O–H groups in total. The predicted octanol–water partition coefficient (Wildman–Crippen LogP) is 2.47. The van der Waals surface area contributed by atoms with E-state index < -0.39 is 0 Å². The third-order valence-corrected chi connectivity index (χ3v) is 2.86. The molecule has 0 amide bonds. The second kappa shape index (κ2) is 4.94. The van der Waals surface area contributed by atoms with Crippen molar-refractivity contribution in [1.29, 1.82) is 0 Å². The van der Waals surface area contributed by atoms with Gasteiger partial charge in [0.1, 0.15) is 5.82 Å². The lowest BCUT2D eigenvalue weighted by molar-refractivity contribution is 0.373. The lowest BCUT2D eigenvalue weighted by atomic mass is 9.89. The van der Waals surface area contributed by atoms with E-state index in [4.69, 9.17) is 0 Å². The van der Waals surface area contributed by atoms with E-state index in [1.54, 1.807) is 18.6 Å². The van der Waals surface area contributed by atoms with Crippen molar-refractivity contribution >= 4 is 5.82 Å². The lowest BCUT2D eigenvalue weighted by Crippen LogP contribution is -2.17. The van der Waals surface area contributed by atoms with E-state index in [0.29, 0.717) is 0 Å². The molecule has 3 nitrogen and oxygen atoms in total. The summed E-state index contributed by atoms with van der Waals surface area (Å²) in [5.41, 5.74) is 0. The number of nitrogens with zero attached hydrogens (tertiary/aromatic N) is 2. The van der Waals surface area contributed by atoms with Gasteiger partial charge >= 0.3 is 0 Å². The van der Waals surface area contributed by atoms with Crippen LogP contribution < -0.4 is 5.32 Å². The molecule has 76 valence electrons. The molecule has 1 aromatic heterocycles. The predicted molar refractivity (Wildman–Crippen MR) is 57.1 cm³/mol. The van der Waals surface area contributed by atoms with Gasteiger partial charge in [0.15, 0.2) is 0 Å². The van der Waals surface area contributed by atoms with E-state index in [1.165, 1.54) is 32.1 Å². The van der Waals surface area contributed by atoms with Crippen molar-refractivity contribution < 1.29 is 0 Å². The second-order valence-corrected chi connectivity index (χ2v) is 3.98. The maximum Gasteiger partial charge on any atom is 0.144 e. The van der Waals surface area contributed by atoms with Crippen LogP contribution in [-0.4, -0.2) is 16.5 Å². The first-order valence-corrected chi connectivity index (χ1v) is 5.45. The summed E-state index contributed by atoms with van der Waals surface area (Å²) < 4.78 is 0. The number of hydrogen-bond acceptors (Lipinski definition) is 3. The van der Waals surface area contributed by atoms with Gasteiger partial charge in [0.05, 0.1) is 6.20 Å². The molecule has 0 unspecified atom stereocenters. The third-order valence-electron chi connectivity index (χ3n) is 2.86. The first kappa shape index (κ1) is 9.44. The molecule has 0 spiro atoms. The van der Waals surface area contributed by atoms with E-state index in [2.05, 4.69) is 15.3 Å². The molecule has 14 heavy (non-hydrogen) atoms. The standard InChI is InChI=1S/C11H17N3/c1-2-4-10(5-3-1)8-14-11-9-12-6-7-13-11/h6-7,9-10H,1-5,8H2,(H,13,14). The quantitative estimate of drug-likeness (QED) is 0.797. The molecule has 0 radical (unpaired) electrons. The SMILES string of the molecule is c1cnc(NCC2CCCCC2)cn1. The van der Waals surface area contributed by atoms with Gasteiger partial charge < -0.3 is 5.32 Å². The maximum atomic E-state index is 4.19. The van der Waals surface area contributed by atoms with Crippen LogP contribution in [0.2, 0.25) is 0 Å². The zero-order valence-electron chi connectivity index (χ0n) is 8.45. The molecule has 1 aromatic rings. The van der Waals surface area contributed by atoms with Gasteiger partial charge in [-0.25, -0.2) is 4.98 Å². The molecule has 0 atom stereocenters. The highest BCUT2D eigenvalue weighted by atomic mass is 15.0. The highest BCUT2D eigenvalue weighted by Gasteiger charge is 2.12. The molecule has 0 bridgehead atoms. The Labute approximate surface area is 85.0 Å². The van der Waals surface area contributed by atoms with Crippen molar-refractivity contribution in [3.8, 4) is 0 Å². The van der Waals surface area contributed by atoms with Gasteiger partial charge in [-0.15, -0.1) is 0 Å². The Hall–Kier alpha value is -1.12. The van der Waals surface area contributed by atoms with E-state index in [-0.39, 0.29) is 0 Å². The van der Waals surface area contributed by atoms with Gasteiger partial charge in [-0.05, 0) is 18.8 Å². The van der Waals surface area contributed by atoms with Gasteiger partial charge in [0, 0.05) is 18.9 Å². The van der Waals surface area contributed by atoms with Gasteiger partial charge in [-0.2, -0.15) is 0 Å². The fourth-order valence-corrected chi connectivity index (χ4v) is 2.03. The molecular formula is C11H17N3. The van der Waals surface area contributed by atoms with E-state index in [9.17, 15) is 0 Å². The summed E-state index contributed by atoms with van der Waals surface area (Å²) in [6.45, 7) is 1.05. The van der Waals surface area contributed by atoms with Crippen LogP contribution in [0, 0.1) is 5.92 Å². The monoisotopic (exact) mass is 191 g/mol. The molecule has 1 heterocycles. The molecule has 1 aliphatic carbocycles. The second-order valence-electron chi connectivity index (χ2n) is 3.98. The molecule has 0 aromatic carbocycles. The molecule has 1 saturated carbocycles. The van der Waals surface area contributed by atoms with Crippen LogP contribution in [0.5, 0.6) is 0 Å². The van der Waals surface area contributed by atoms with Gasteiger partial charge in [0.2, 0.25) is 0 Å². The van der Waals surface area contributed by atoms with Crippen LogP contribution in [0.3, 0.4) is 0 Å². The highest BCUT2D eigenvalue weighted by Crippen LogP contribution is 2.23. The van der Waals surface area contributed by atoms with Crippen LogP contribution >= 0.6 is 0 Å². The van der Waals surface area contributed by atoms with Crippen molar-refractivity contribution in [1.82, 2.24) is 9.97 Å². The summed E-state index contributed by atoms with van der Waals surface area (Å²) in [4.78, 5) is 8.21. The number of nitrogens with one attached hydrogen (secondary N) is 1. The first-order chi connectivity index (χ1) is 6.95. The molecule has 1 aliphatic rings. The summed E-state index contributed by atoms with van der Waals surface area (Å²) in [7, 11) is 0. The minimum absolute atomic E-state index is 0.839. The Morgan fingerprint density at radius 3 is 2.79 bits per heavy atom. The average molecular weight is 191 g/mol. The topological polar surface area (TPSA) is 37.8 Å². The van der Waals surface area contributed by atoms with Crippen molar-refractivity contribution in [2.24, 2.45) is 5.92 Å². The molecule has 1 fully saturated rings. The average Bonchev–Trinajstić information content (AvgIpc) is 2.29. The van der Waals surface area contributed by atoms with Crippen LogP contribution in [0.25, 0.3) is 0 Å². The van der Waals surface area contributed by atoms with Gasteiger partial charge in [-0.1, -0.05) is 19.3 Å². The lowest BCUT2D eigenvalue weighted by Gasteiger charge is -2.21. The van der Waals surface area contributed by atoms with E-state index in [0.717, 1.165) is 18.3 Å². The minimum atomic E-state index is 0.839. The summed E-state index contributed by atoms with van der Waals surface area (Å²) in [6.07, 6.45) is 12.2. The summed E-state index contributed by atoms with van der Waals surface area (Å²) in [5, 5.41) is 3.34. The van der Waals surface area contributed by atoms with Crippen LogP contribution in [0.4, 0.5) is 5.82 Å². The number of hydrogen-bond donors (Lipinski definition) is 1. The van der Waals surface area contributed by atoms with Crippen molar-refractivity contribution in [3.63, 3.8) is 0 Å². The summed E-state index contributed by atoms with van der Waals surface area (Å²) in [5.74, 6) is 1.74. The fraction of sp³-hybridized carbons (Fsp3) is 0.636. The smallest absolute Gasteiger partial charge is 0.144 e. The highest BCUT2D eigenvalue weighted by molar-refractivity contribution is 5.29. The molecule has 3 heteroatoms. The van der Waals surface area contributed by atoms with Crippen molar-refractivity contribution in [2.45, 2.75) is 32.1 Å². The molecule has 2 rings (SSSR count). The van der Waals surface area contributed by atoms with Crippen LogP contribution in [-0.2, 0) is 0 Å². The van der Waals surface area contributed by atoms with Crippen LogP contribution in [0.15, 0.2) is 18.6 Å². The Bertz CT molecular complexity index is 254. The summed E-state index contributed by atoms with van der Waals surface area (Å²) in [6, 6.07) is 0. The summed E-state index contributed by atoms with van der Waals surface area (Å²) >= 11 is 0. The van der Waals surface area contributed by atoms with E-state index in [1.807, 2.05) is 0 Å². The fourth-order valence-electron chi connectivity index (χ4n) is 2.03. The van der Waals surface area contributed by atoms with Gasteiger partial charge in [-0.3, -0.25) is 4.98 Å².